The molecule has 10 heteroatoms. The molecule has 0 aliphatic heterocycles. The Balaban J connectivity index is 1.61. The molecule has 0 spiro atoms. The van der Waals surface area contributed by atoms with Crippen LogP contribution in [0.5, 0.6) is 0 Å². The zero-order valence-corrected chi connectivity index (χ0v) is 17.7. The standard InChI is InChI=1S/C17H18ClF2N3OS3/c1-2-23(13(25)5-7-26-10-12-8-17(12,19)20)16-14(18)21-15(27-16)11-4-3-6-22(24)9-11/h3-4,6,9,12H,2,5,7-8,10H2,1H3. The topological polar surface area (TPSA) is 43.1 Å². The Morgan fingerprint density at radius 2 is 2.33 bits per heavy atom. The molecule has 0 radical (unpaired) electrons. The molecule has 1 aliphatic carbocycles. The van der Waals surface area contributed by atoms with Crippen LogP contribution in [0.25, 0.3) is 10.6 Å². The number of thioether (sulfide) groups is 1. The van der Waals surface area contributed by atoms with Gasteiger partial charge in [-0.3, -0.25) is 0 Å². The van der Waals surface area contributed by atoms with Crippen molar-refractivity contribution in [1.29, 1.82) is 0 Å². The molecule has 0 saturated heterocycles. The lowest BCUT2D eigenvalue weighted by atomic mass is 10.3. The van der Waals surface area contributed by atoms with E-state index in [1.165, 1.54) is 35.5 Å². The number of anilines is 1. The minimum Gasteiger partial charge on any atom is -0.619 e. The van der Waals surface area contributed by atoms with Crippen molar-refractivity contribution in [2.75, 3.05) is 23.0 Å². The van der Waals surface area contributed by atoms with Gasteiger partial charge in [-0.15, -0.1) is 0 Å². The first-order valence-electron chi connectivity index (χ1n) is 8.43. The molecule has 27 heavy (non-hydrogen) atoms. The highest BCUT2D eigenvalue weighted by Gasteiger charge is 2.56. The quantitative estimate of drug-likeness (QED) is 0.245. The second kappa shape index (κ2) is 8.55. The number of pyridine rings is 1. The van der Waals surface area contributed by atoms with Gasteiger partial charge in [0.2, 0.25) is 0 Å². The molecule has 4 nitrogen and oxygen atoms in total. The summed E-state index contributed by atoms with van der Waals surface area (Å²) in [7, 11) is 0. The maximum Gasteiger partial charge on any atom is 0.252 e. The summed E-state index contributed by atoms with van der Waals surface area (Å²) in [6.45, 7) is 2.59. The average molecular weight is 450 g/mol. The first-order chi connectivity index (χ1) is 12.8. The number of thiocarbonyl (C=S) groups is 1. The third-order valence-corrected chi connectivity index (χ3v) is 7.25. The molecule has 2 aromatic heterocycles. The number of halogens is 3. The lowest BCUT2D eigenvalue weighted by Crippen LogP contribution is -2.28. The predicted octanol–water partition coefficient (Wildman–Crippen LogP) is 5.03. The van der Waals surface area contributed by atoms with E-state index in [9.17, 15) is 14.0 Å². The molecule has 0 N–H and O–H groups in total. The zero-order chi connectivity index (χ0) is 19.6. The van der Waals surface area contributed by atoms with Crippen LogP contribution in [0.15, 0.2) is 24.5 Å². The molecule has 1 fully saturated rings. The van der Waals surface area contributed by atoms with Gasteiger partial charge in [-0.1, -0.05) is 35.2 Å². The number of rotatable bonds is 8. The molecule has 1 unspecified atom stereocenters. The van der Waals surface area contributed by atoms with Crippen LogP contribution in [-0.2, 0) is 0 Å². The largest absolute Gasteiger partial charge is 0.619 e. The summed E-state index contributed by atoms with van der Waals surface area (Å²) in [6.07, 6.45) is 3.47. The van der Waals surface area contributed by atoms with E-state index in [0.29, 0.717) is 49.9 Å². The van der Waals surface area contributed by atoms with Crippen molar-refractivity contribution < 1.29 is 13.5 Å². The fourth-order valence-corrected chi connectivity index (χ4v) is 5.62. The summed E-state index contributed by atoms with van der Waals surface area (Å²) >= 11 is 14.7. The van der Waals surface area contributed by atoms with Crippen LogP contribution in [0, 0.1) is 11.1 Å². The fourth-order valence-electron chi connectivity index (χ4n) is 2.57. The Hall–Kier alpha value is -1.03. The highest BCUT2D eigenvalue weighted by molar-refractivity contribution is 7.99. The van der Waals surface area contributed by atoms with Gasteiger partial charge in [0.15, 0.2) is 17.5 Å². The summed E-state index contributed by atoms with van der Waals surface area (Å²) in [5, 5.41) is 13.2. The van der Waals surface area contributed by atoms with Gasteiger partial charge in [-0.25, -0.2) is 13.8 Å². The van der Waals surface area contributed by atoms with Gasteiger partial charge in [-0.05, 0) is 18.7 Å². The molecule has 0 amide bonds. The number of nitrogens with zero attached hydrogens (tertiary/aromatic N) is 3. The number of alkyl halides is 2. The Morgan fingerprint density at radius 1 is 1.59 bits per heavy atom. The van der Waals surface area contributed by atoms with E-state index >= 15 is 0 Å². The van der Waals surface area contributed by atoms with E-state index in [2.05, 4.69) is 4.98 Å². The SMILES string of the molecule is CCN(C(=S)CCSCC1CC1(F)F)c1sc(-c2ccc[n+]([O-])c2)nc1Cl. The van der Waals surface area contributed by atoms with Crippen molar-refractivity contribution in [3.8, 4) is 10.6 Å². The average Bonchev–Trinajstić information content (AvgIpc) is 3.04. The van der Waals surface area contributed by atoms with Crippen molar-refractivity contribution in [3.63, 3.8) is 0 Å². The maximum atomic E-state index is 12.9. The maximum absolute atomic E-state index is 12.9. The fraction of sp³-hybridized carbons (Fsp3) is 0.471. The molecular formula is C17H18ClF2N3OS3. The van der Waals surface area contributed by atoms with E-state index in [1.807, 2.05) is 11.8 Å². The van der Waals surface area contributed by atoms with Crippen LogP contribution in [0.3, 0.4) is 0 Å². The van der Waals surface area contributed by atoms with Crippen molar-refractivity contribution in [3.05, 3.63) is 34.9 Å². The molecule has 1 saturated carbocycles. The van der Waals surface area contributed by atoms with E-state index in [4.69, 9.17) is 23.8 Å². The summed E-state index contributed by atoms with van der Waals surface area (Å²) in [6, 6.07) is 3.45. The Morgan fingerprint density at radius 3 is 2.96 bits per heavy atom. The second-order valence-corrected chi connectivity index (χ2v) is 9.15. The third kappa shape index (κ3) is 5.07. The molecule has 1 atom stereocenters. The smallest absolute Gasteiger partial charge is 0.252 e. The molecule has 2 aromatic rings. The minimum atomic E-state index is -2.46. The van der Waals surface area contributed by atoms with E-state index < -0.39 is 11.8 Å². The van der Waals surface area contributed by atoms with Crippen LogP contribution in [0.4, 0.5) is 13.8 Å². The number of hydrogen-bond acceptors (Lipinski definition) is 5. The summed E-state index contributed by atoms with van der Waals surface area (Å²) in [5.41, 5.74) is 0.688. The van der Waals surface area contributed by atoms with E-state index in [1.54, 1.807) is 12.1 Å². The molecule has 1 aliphatic rings. The molecule has 2 heterocycles. The molecule has 0 aromatic carbocycles. The van der Waals surface area contributed by atoms with Crippen molar-refractivity contribution in [2.45, 2.75) is 25.7 Å². The normalized spacial score (nSPS) is 17.7. The van der Waals surface area contributed by atoms with Crippen LogP contribution >= 0.6 is 46.9 Å². The lowest BCUT2D eigenvalue weighted by molar-refractivity contribution is -0.604. The zero-order valence-electron chi connectivity index (χ0n) is 14.5. The summed E-state index contributed by atoms with van der Waals surface area (Å²) in [4.78, 5) is 6.98. The lowest BCUT2D eigenvalue weighted by Gasteiger charge is -2.21. The molecule has 0 bridgehead atoms. The number of thiazole rings is 1. The Kier molecular flexibility index (Phi) is 6.55. The highest BCUT2D eigenvalue weighted by Crippen LogP contribution is 2.50. The van der Waals surface area contributed by atoms with E-state index in [0.717, 1.165) is 5.00 Å². The molecule has 146 valence electrons. The van der Waals surface area contributed by atoms with Gasteiger partial charge in [0, 0.05) is 37.1 Å². The van der Waals surface area contributed by atoms with Crippen LogP contribution < -0.4 is 9.63 Å². The highest BCUT2D eigenvalue weighted by atomic mass is 35.5. The predicted molar refractivity (Wildman–Crippen MR) is 112 cm³/mol. The van der Waals surface area contributed by atoms with Gasteiger partial charge in [-0.2, -0.15) is 16.5 Å². The van der Waals surface area contributed by atoms with Crippen molar-refractivity contribution in [2.24, 2.45) is 5.92 Å². The Labute approximate surface area is 175 Å². The van der Waals surface area contributed by atoms with Crippen molar-refractivity contribution >= 4 is 56.9 Å². The monoisotopic (exact) mass is 449 g/mol. The van der Waals surface area contributed by atoms with Gasteiger partial charge in [0.1, 0.15) is 10.0 Å². The number of hydrogen-bond donors (Lipinski definition) is 0. The van der Waals surface area contributed by atoms with Gasteiger partial charge < -0.3 is 10.1 Å². The summed E-state index contributed by atoms with van der Waals surface area (Å²) in [5.74, 6) is -1.78. The number of aromatic nitrogens is 2. The van der Waals surface area contributed by atoms with E-state index in [-0.39, 0.29) is 6.42 Å². The minimum absolute atomic E-state index is 0.00757. The first kappa shape index (κ1) is 20.7. The third-order valence-electron chi connectivity index (χ3n) is 4.19. The molecular weight excluding hydrogens is 432 g/mol. The second-order valence-electron chi connectivity index (χ2n) is 6.19. The molecule has 3 rings (SSSR count). The van der Waals surface area contributed by atoms with Gasteiger partial charge in [0.05, 0.1) is 10.6 Å². The van der Waals surface area contributed by atoms with Crippen LogP contribution in [0.2, 0.25) is 5.15 Å². The van der Waals surface area contributed by atoms with Gasteiger partial charge in [0.25, 0.3) is 5.92 Å². The van der Waals surface area contributed by atoms with Crippen molar-refractivity contribution in [1.82, 2.24) is 4.98 Å². The first-order valence-corrected chi connectivity index (χ1v) is 11.2. The Bertz CT molecular complexity index is 834. The van der Waals surface area contributed by atoms with Crippen LogP contribution in [0.1, 0.15) is 19.8 Å². The summed E-state index contributed by atoms with van der Waals surface area (Å²) < 4.78 is 26.5. The van der Waals surface area contributed by atoms with Gasteiger partial charge >= 0.3 is 0 Å². The van der Waals surface area contributed by atoms with Crippen LogP contribution in [-0.4, -0.2) is 33.9 Å².